The van der Waals surface area contributed by atoms with Crippen LogP contribution in [0.1, 0.15) is 261 Å². The molecule has 13 rings (SSSR count). The molecule has 390 valence electrons. The average Bonchev–Trinajstić information content (AvgIpc) is 3.92. The monoisotopic (exact) mass is 945 g/mol. The molecule has 0 spiro atoms. The first-order valence-corrected chi connectivity index (χ1v) is 32.7. The molecular weight excluding hydrogens is 833 g/mol. The smallest absolute Gasteiger partial charge is 0.0128 e. The van der Waals surface area contributed by atoms with Crippen LogP contribution in [0.5, 0.6) is 0 Å². The quantitative estimate of drug-likeness (QED) is 0.262. The summed E-state index contributed by atoms with van der Waals surface area (Å²) in [6.45, 7) is 25.2. The number of rotatable bonds is 6. The Morgan fingerprint density at radius 1 is 0.246 bits per heavy atom. The van der Waals surface area contributed by atoms with Gasteiger partial charge in [-0.05, 0) is 270 Å². The summed E-state index contributed by atoms with van der Waals surface area (Å²) < 4.78 is 0. The third-order valence-corrected chi connectivity index (χ3v) is 29.2. The van der Waals surface area contributed by atoms with Crippen molar-refractivity contribution >= 4 is 0 Å². The van der Waals surface area contributed by atoms with E-state index in [-0.39, 0.29) is 0 Å². The van der Waals surface area contributed by atoms with E-state index in [1.54, 1.807) is 103 Å². The number of nitrogens with zero attached hydrogens (tertiary/aromatic N) is 2. The van der Waals surface area contributed by atoms with Gasteiger partial charge in [-0.1, -0.05) is 114 Å². The highest BCUT2D eigenvalue weighted by Crippen LogP contribution is 2.69. The van der Waals surface area contributed by atoms with Gasteiger partial charge in [-0.25, -0.2) is 0 Å². The first-order chi connectivity index (χ1) is 33.2. The lowest BCUT2D eigenvalue weighted by atomic mass is 9.64. The van der Waals surface area contributed by atoms with E-state index in [0.717, 1.165) is 137 Å². The highest BCUT2D eigenvalue weighted by Gasteiger charge is 2.63. The van der Waals surface area contributed by atoms with Crippen molar-refractivity contribution in [3.05, 3.63) is 0 Å². The molecule has 0 bridgehead atoms. The lowest BCUT2D eigenvalue weighted by Crippen LogP contribution is -2.60. The molecule has 0 aliphatic heterocycles. The zero-order chi connectivity index (χ0) is 47.4. The van der Waals surface area contributed by atoms with Crippen LogP contribution in [0, 0.1) is 122 Å². The van der Waals surface area contributed by atoms with E-state index in [2.05, 4.69) is 72.1 Å². The summed E-state index contributed by atoms with van der Waals surface area (Å²) in [7, 11) is 0. The van der Waals surface area contributed by atoms with Gasteiger partial charge >= 0.3 is 0 Å². The molecule has 0 amide bonds. The van der Waals surface area contributed by atoms with Gasteiger partial charge in [0.15, 0.2) is 0 Å². The van der Waals surface area contributed by atoms with Gasteiger partial charge in [0.25, 0.3) is 0 Å². The summed E-state index contributed by atoms with van der Waals surface area (Å²) in [6.07, 6.45) is 47.7. The number of fused-ring (bicyclic) bond motifs is 12. The van der Waals surface area contributed by atoms with E-state index in [9.17, 15) is 0 Å². The molecule has 0 aromatic rings. The zero-order valence-electron chi connectivity index (χ0n) is 47.1. The van der Waals surface area contributed by atoms with Crippen molar-refractivity contribution < 1.29 is 0 Å². The van der Waals surface area contributed by atoms with E-state index >= 15 is 0 Å². The molecule has 2 heteroatoms. The summed E-state index contributed by atoms with van der Waals surface area (Å²) in [5.41, 5.74) is 2.17. The zero-order valence-corrected chi connectivity index (χ0v) is 47.1. The second-order valence-corrected chi connectivity index (χ2v) is 32.4. The van der Waals surface area contributed by atoms with Crippen molar-refractivity contribution in [1.29, 1.82) is 0 Å². The lowest BCUT2D eigenvalue weighted by molar-refractivity contribution is -0.0737. The lowest BCUT2D eigenvalue weighted by Gasteiger charge is -2.57. The molecule has 13 aliphatic carbocycles. The molecule has 23 unspecified atom stereocenters. The highest BCUT2D eigenvalue weighted by molar-refractivity contribution is 5.13. The van der Waals surface area contributed by atoms with Gasteiger partial charge in [0.2, 0.25) is 0 Å². The van der Waals surface area contributed by atoms with E-state index in [1.165, 1.54) is 96.3 Å². The molecule has 69 heavy (non-hydrogen) atoms. The van der Waals surface area contributed by atoms with Crippen LogP contribution >= 0.6 is 0 Å². The van der Waals surface area contributed by atoms with Gasteiger partial charge in [-0.2, -0.15) is 0 Å². The maximum Gasteiger partial charge on any atom is 0.0128 e. The molecular formula is C67H112N2. The maximum absolute atomic E-state index is 3.51. The van der Waals surface area contributed by atoms with Gasteiger partial charge in [-0.15, -0.1) is 0 Å². The van der Waals surface area contributed by atoms with Gasteiger partial charge in [0.1, 0.15) is 0 Å². The van der Waals surface area contributed by atoms with Gasteiger partial charge < -0.3 is 0 Å². The molecule has 23 atom stereocenters. The van der Waals surface area contributed by atoms with Crippen molar-refractivity contribution in [3.63, 3.8) is 0 Å². The predicted molar refractivity (Wildman–Crippen MR) is 290 cm³/mol. The SMILES string of the molecule is CC1CC(N(C2CCC3C4CCCCC4C(C)(C)C3C2)C2CCC3C4CCCCC4C(C)(C)C3C2)CCC1N(C1CCC2C3CCCCC3C(C)(C)C2C1)C1CCC2C3CCCCC3C(C)(C)C2C1. The molecule has 0 aromatic heterocycles. The minimum atomic E-state index is 0.542. The van der Waals surface area contributed by atoms with Gasteiger partial charge in [-0.3, -0.25) is 9.80 Å². The van der Waals surface area contributed by atoms with E-state index in [0.29, 0.717) is 21.7 Å². The van der Waals surface area contributed by atoms with Crippen LogP contribution in [-0.4, -0.2) is 46.1 Å². The summed E-state index contributed by atoms with van der Waals surface area (Å²) in [5, 5.41) is 0. The second-order valence-electron chi connectivity index (χ2n) is 32.4. The van der Waals surface area contributed by atoms with Crippen LogP contribution in [0.15, 0.2) is 0 Å². The van der Waals surface area contributed by atoms with Crippen LogP contribution in [0.4, 0.5) is 0 Å². The van der Waals surface area contributed by atoms with Crippen LogP contribution in [0.3, 0.4) is 0 Å². The normalized spacial score (nSPS) is 53.5. The third-order valence-electron chi connectivity index (χ3n) is 29.2. The van der Waals surface area contributed by atoms with Gasteiger partial charge in [0.05, 0.1) is 0 Å². The summed E-state index contributed by atoms with van der Waals surface area (Å²) in [4.78, 5) is 7.01. The van der Waals surface area contributed by atoms with Crippen molar-refractivity contribution in [2.24, 2.45) is 122 Å². The minimum absolute atomic E-state index is 0.542. The number of hydrogen-bond acceptors (Lipinski definition) is 2. The molecule has 13 fully saturated rings. The molecule has 0 heterocycles. The standard InChI is InChI=1S/C67H112N2/c1-41-36-42(68(43-26-31-51-47-18-10-14-22-55(47)64(2,3)59(51)37-43)44-27-32-52-48-19-11-15-23-56(48)65(4,5)60(52)38-44)30-35-63(41)69(45-28-33-53-49-20-12-16-24-57(49)66(6,7)61(53)39-45)46-29-34-54-50-21-13-17-25-58(50)67(8,9)62(54)40-46/h41-63H,10-40H2,1-9H3. The largest absolute Gasteiger partial charge is 0.294 e. The molecule has 13 aliphatic rings. The Hall–Kier alpha value is -0.0800. The van der Waals surface area contributed by atoms with Crippen molar-refractivity contribution in [1.82, 2.24) is 9.80 Å². The summed E-state index contributed by atoms with van der Waals surface area (Å²) in [5.74, 6) is 17.1. The van der Waals surface area contributed by atoms with E-state index in [4.69, 9.17) is 0 Å². The van der Waals surface area contributed by atoms with Crippen LogP contribution < -0.4 is 0 Å². The van der Waals surface area contributed by atoms with Crippen molar-refractivity contribution in [3.8, 4) is 0 Å². The topological polar surface area (TPSA) is 6.48 Å². The fraction of sp³-hybridized carbons (Fsp3) is 1.00. The fourth-order valence-electron chi connectivity index (χ4n) is 26.5. The van der Waals surface area contributed by atoms with Crippen LogP contribution in [0.2, 0.25) is 0 Å². The van der Waals surface area contributed by atoms with Gasteiger partial charge in [0, 0.05) is 36.3 Å². The van der Waals surface area contributed by atoms with Crippen molar-refractivity contribution in [2.75, 3.05) is 0 Å². The molecule has 13 saturated carbocycles. The minimum Gasteiger partial charge on any atom is -0.294 e. The van der Waals surface area contributed by atoms with Crippen LogP contribution in [0.25, 0.3) is 0 Å². The maximum atomic E-state index is 3.51. The number of hydrogen-bond donors (Lipinski definition) is 0. The first-order valence-electron chi connectivity index (χ1n) is 32.7. The van der Waals surface area contributed by atoms with Crippen LogP contribution in [-0.2, 0) is 0 Å². The Morgan fingerprint density at radius 2 is 0.493 bits per heavy atom. The second kappa shape index (κ2) is 18.0. The fourth-order valence-corrected chi connectivity index (χ4v) is 26.5. The molecule has 0 radical (unpaired) electrons. The molecule has 2 nitrogen and oxygen atoms in total. The third kappa shape index (κ3) is 7.61. The Labute approximate surface area is 427 Å². The van der Waals surface area contributed by atoms with E-state index < -0.39 is 0 Å². The Bertz CT molecular complexity index is 1710. The average molecular weight is 946 g/mol. The highest BCUT2D eigenvalue weighted by atomic mass is 15.3. The Kier molecular flexibility index (Phi) is 12.7. The molecule has 0 N–H and O–H groups in total. The molecule has 0 aromatic carbocycles. The van der Waals surface area contributed by atoms with Crippen molar-refractivity contribution in [2.45, 2.75) is 298 Å². The summed E-state index contributed by atoms with van der Waals surface area (Å²) in [6, 6.07) is 4.99. The summed E-state index contributed by atoms with van der Waals surface area (Å²) >= 11 is 0. The predicted octanol–water partition coefficient (Wildman–Crippen LogP) is 17.7. The Morgan fingerprint density at radius 3 is 0.797 bits per heavy atom. The molecule has 0 saturated heterocycles. The van der Waals surface area contributed by atoms with E-state index in [1.807, 2.05) is 0 Å². The first kappa shape index (κ1) is 48.6. The Balaban J connectivity index is 0.801.